The summed E-state index contributed by atoms with van der Waals surface area (Å²) in [6.07, 6.45) is 5.35. The number of ether oxygens (including phenoxy) is 2. The zero-order valence-electron chi connectivity index (χ0n) is 12.5. The van der Waals surface area contributed by atoms with Crippen LogP contribution in [0.2, 0.25) is 0 Å². The van der Waals surface area contributed by atoms with Crippen LogP contribution in [0.15, 0.2) is 18.2 Å². The van der Waals surface area contributed by atoms with Gasteiger partial charge in [-0.3, -0.25) is 5.32 Å². The van der Waals surface area contributed by atoms with Gasteiger partial charge in [0.25, 0.3) is 0 Å². The Morgan fingerprint density at radius 3 is 3.10 bits per heavy atom. The van der Waals surface area contributed by atoms with Gasteiger partial charge in [0.1, 0.15) is 11.3 Å². The molecule has 21 heavy (non-hydrogen) atoms. The zero-order chi connectivity index (χ0) is 14.7. The quantitative estimate of drug-likeness (QED) is 0.924. The highest BCUT2D eigenvalue weighted by molar-refractivity contribution is 5.45. The molecule has 1 aliphatic heterocycles. The van der Waals surface area contributed by atoms with E-state index in [2.05, 4.69) is 17.5 Å². The molecule has 4 heteroatoms. The first-order valence-corrected chi connectivity index (χ1v) is 7.73. The molecule has 0 aromatic heterocycles. The summed E-state index contributed by atoms with van der Waals surface area (Å²) in [4.78, 5) is 0. The Morgan fingerprint density at radius 2 is 2.38 bits per heavy atom. The molecule has 2 atom stereocenters. The van der Waals surface area contributed by atoms with Gasteiger partial charge in [0.05, 0.1) is 19.3 Å². The van der Waals surface area contributed by atoms with E-state index in [0.717, 1.165) is 56.6 Å². The highest BCUT2D eigenvalue weighted by Crippen LogP contribution is 2.37. The number of benzene rings is 1. The SMILES string of the molecule is COc1ccc2c(c1)C(C#N)(NCC1CCCO1)CCC2. The normalized spacial score (nSPS) is 27.9. The molecule has 1 aromatic carbocycles. The maximum atomic E-state index is 9.83. The molecule has 1 aliphatic carbocycles. The van der Waals surface area contributed by atoms with Crippen LogP contribution in [0.5, 0.6) is 5.75 Å². The van der Waals surface area contributed by atoms with Crippen LogP contribution in [0.3, 0.4) is 0 Å². The molecule has 1 fully saturated rings. The van der Waals surface area contributed by atoms with Gasteiger partial charge >= 0.3 is 0 Å². The number of methoxy groups -OCH3 is 1. The number of nitriles is 1. The van der Waals surface area contributed by atoms with Crippen LogP contribution in [0.4, 0.5) is 0 Å². The van der Waals surface area contributed by atoms with Crippen molar-refractivity contribution >= 4 is 0 Å². The minimum absolute atomic E-state index is 0.242. The van der Waals surface area contributed by atoms with Gasteiger partial charge < -0.3 is 9.47 Å². The first-order chi connectivity index (χ1) is 10.3. The second-order valence-corrected chi connectivity index (χ2v) is 5.91. The lowest BCUT2D eigenvalue weighted by Gasteiger charge is -2.35. The molecule has 0 spiro atoms. The molecule has 1 saturated heterocycles. The second-order valence-electron chi connectivity index (χ2n) is 5.91. The Bertz CT molecular complexity index is 546. The van der Waals surface area contributed by atoms with Gasteiger partial charge in [-0.05, 0) is 55.4 Å². The van der Waals surface area contributed by atoms with E-state index in [0.29, 0.717) is 0 Å². The number of rotatable bonds is 4. The molecule has 2 aliphatic rings. The predicted octanol–water partition coefficient (Wildman–Crippen LogP) is 2.52. The molecular weight excluding hydrogens is 264 g/mol. The van der Waals surface area contributed by atoms with E-state index in [-0.39, 0.29) is 6.10 Å². The average Bonchev–Trinajstić information content (AvgIpc) is 3.06. The molecule has 1 heterocycles. The van der Waals surface area contributed by atoms with Gasteiger partial charge in [0, 0.05) is 13.2 Å². The molecule has 0 bridgehead atoms. The Balaban J connectivity index is 1.86. The summed E-state index contributed by atoms with van der Waals surface area (Å²) in [6, 6.07) is 8.61. The first-order valence-electron chi connectivity index (χ1n) is 7.73. The van der Waals surface area contributed by atoms with Gasteiger partial charge in [-0.1, -0.05) is 6.07 Å². The van der Waals surface area contributed by atoms with Crippen molar-refractivity contribution in [3.63, 3.8) is 0 Å². The molecule has 2 unspecified atom stereocenters. The maximum absolute atomic E-state index is 9.83. The monoisotopic (exact) mass is 286 g/mol. The van der Waals surface area contributed by atoms with Gasteiger partial charge in [-0.25, -0.2) is 0 Å². The van der Waals surface area contributed by atoms with E-state index >= 15 is 0 Å². The number of nitrogens with one attached hydrogen (secondary N) is 1. The van der Waals surface area contributed by atoms with Crippen LogP contribution in [0.25, 0.3) is 0 Å². The smallest absolute Gasteiger partial charge is 0.132 e. The van der Waals surface area contributed by atoms with Crippen LogP contribution >= 0.6 is 0 Å². The predicted molar refractivity (Wildman–Crippen MR) is 80.2 cm³/mol. The Kier molecular flexibility index (Phi) is 4.14. The molecular formula is C17H22N2O2. The van der Waals surface area contributed by atoms with Crippen LogP contribution in [-0.2, 0) is 16.7 Å². The maximum Gasteiger partial charge on any atom is 0.132 e. The van der Waals surface area contributed by atoms with Crippen molar-refractivity contribution in [2.45, 2.75) is 43.7 Å². The zero-order valence-corrected chi connectivity index (χ0v) is 12.5. The van der Waals surface area contributed by atoms with Crippen LogP contribution in [0.1, 0.15) is 36.8 Å². The van der Waals surface area contributed by atoms with Crippen molar-refractivity contribution in [1.29, 1.82) is 5.26 Å². The summed E-state index contributed by atoms with van der Waals surface area (Å²) in [7, 11) is 1.67. The second kappa shape index (κ2) is 6.05. The molecule has 4 nitrogen and oxygen atoms in total. The molecule has 0 amide bonds. The van der Waals surface area contributed by atoms with E-state index in [9.17, 15) is 5.26 Å². The highest BCUT2D eigenvalue weighted by atomic mass is 16.5. The van der Waals surface area contributed by atoms with Crippen LogP contribution in [-0.4, -0.2) is 26.4 Å². The van der Waals surface area contributed by atoms with Gasteiger partial charge in [-0.15, -0.1) is 0 Å². The molecule has 0 radical (unpaired) electrons. The van der Waals surface area contributed by atoms with Crippen molar-refractivity contribution in [2.75, 3.05) is 20.3 Å². The lowest BCUT2D eigenvalue weighted by Crippen LogP contribution is -2.46. The highest BCUT2D eigenvalue weighted by Gasteiger charge is 2.37. The fourth-order valence-corrected chi connectivity index (χ4v) is 3.41. The number of nitrogens with zero attached hydrogens (tertiary/aromatic N) is 1. The molecule has 3 rings (SSSR count). The minimum Gasteiger partial charge on any atom is -0.497 e. The Morgan fingerprint density at radius 1 is 1.48 bits per heavy atom. The lowest BCUT2D eigenvalue weighted by molar-refractivity contribution is 0.103. The summed E-state index contributed by atoms with van der Waals surface area (Å²) < 4.78 is 11.0. The van der Waals surface area contributed by atoms with E-state index < -0.39 is 5.54 Å². The Hall–Kier alpha value is -1.57. The fourth-order valence-electron chi connectivity index (χ4n) is 3.41. The first kappa shape index (κ1) is 14.4. The third-order valence-electron chi connectivity index (χ3n) is 4.62. The number of aryl methyl sites for hydroxylation is 1. The molecule has 0 saturated carbocycles. The summed E-state index contributed by atoms with van der Waals surface area (Å²) in [6.45, 7) is 1.58. The van der Waals surface area contributed by atoms with Gasteiger partial charge in [0.15, 0.2) is 0 Å². The molecule has 1 N–H and O–H groups in total. The van der Waals surface area contributed by atoms with Gasteiger partial charge in [0.2, 0.25) is 0 Å². The number of fused-ring (bicyclic) bond motifs is 1. The standard InChI is InChI=1S/C17H22N2O2/c1-20-14-7-6-13-4-2-8-17(12-18,16(13)10-14)19-11-15-5-3-9-21-15/h6-7,10,15,19H,2-5,8-9,11H2,1H3. The van der Waals surface area contributed by atoms with Crippen LogP contribution < -0.4 is 10.1 Å². The fraction of sp³-hybridized carbons (Fsp3) is 0.588. The van der Waals surface area contributed by atoms with Crippen LogP contribution in [0, 0.1) is 11.3 Å². The van der Waals surface area contributed by atoms with Crippen molar-refractivity contribution in [1.82, 2.24) is 5.32 Å². The van der Waals surface area contributed by atoms with E-state index in [1.165, 1.54) is 5.56 Å². The minimum atomic E-state index is -0.603. The Labute approximate surface area is 126 Å². The van der Waals surface area contributed by atoms with Crippen molar-refractivity contribution in [3.8, 4) is 11.8 Å². The summed E-state index contributed by atoms with van der Waals surface area (Å²) in [5.41, 5.74) is 1.73. The third kappa shape index (κ3) is 2.76. The lowest BCUT2D eigenvalue weighted by atomic mass is 9.77. The topological polar surface area (TPSA) is 54.3 Å². The summed E-state index contributed by atoms with van der Waals surface area (Å²) in [5.74, 6) is 0.814. The summed E-state index contributed by atoms with van der Waals surface area (Å²) >= 11 is 0. The van der Waals surface area contributed by atoms with E-state index in [4.69, 9.17) is 9.47 Å². The molecule has 112 valence electrons. The van der Waals surface area contributed by atoms with Gasteiger partial charge in [-0.2, -0.15) is 5.26 Å². The van der Waals surface area contributed by atoms with E-state index in [1.807, 2.05) is 12.1 Å². The van der Waals surface area contributed by atoms with Crippen molar-refractivity contribution < 1.29 is 9.47 Å². The molecule has 1 aromatic rings. The summed E-state index contributed by atoms with van der Waals surface area (Å²) in [5, 5.41) is 13.3. The largest absolute Gasteiger partial charge is 0.497 e. The average molecular weight is 286 g/mol. The number of hydrogen-bond acceptors (Lipinski definition) is 4. The van der Waals surface area contributed by atoms with Crippen molar-refractivity contribution in [3.05, 3.63) is 29.3 Å². The number of hydrogen-bond donors (Lipinski definition) is 1. The van der Waals surface area contributed by atoms with Crippen molar-refractivity contribution in [2.24, 2.45) is 0 Å². The third-order valence-corrected chi connectivity index (χ3v) is 4.62. The van der Waals surface area contributed by atoms with E-state index in [1.54, 1.807) is 7.11 Å².